The van der Waals surface area contributed by atoms with Crippen molar-refractivity contribution in [3.05, 3.63) is 0 Å². The van der Waals surface area contributed by atoms with Gasteiger partial charge in [0, 0.05) is 19.8 Å². The summed E-state index contributed by atoms with van der Waals surface area (Å²) in [6, 6.07) is 0. The van der Waals surface area contributed by atoms with E-state index in [1.54, 1.807) is 0 Å². The van der Waals surface area contributed by atoms with Crippen LogP contribution in [0.4, 0.5) is 4.79 Å². The minimum atomic E-state index is -0.514. The molecule has 0 aromatic rings. The Balaban J connectivity index is 3.95. The standard InChI is InChI=1S/C25H51NO4/c1-5-7-8-9-10-11-12-13-14-15-18-24(19-16-22-28-21-6-2)30-25(27)29-23-17-20-26(3)4/h24H,5-23H2,1-4H3. The molecule has 0 aliphatic heterocycles. The molecule has 0 saturated heterocycles. The zero-order valence-electron chi connectivity index (χ0n) is 20.6. The largest absolute Gasteiger partial charge is 0.508 e. The van der Waals surface area contributed by atoms with Gasteiger partial charge in [0.15, 0.2) is 0 Å². The second-order valence-corrected chi connectivity index (χ2v) is 8.72. The highest BCUT2D eigenvalue weighted by atomic mass is 16.7. The van der Waals surface area contributed by atoms with Gasteiger partial charge in [-0.1, -0.05) is 71.6 Å². The van der Waals surface area contributed by atoms with Crippen molar-refractivity contribution in [1.82, 2.24) is 4.90 Å². The molecule has 5 heteroatoms. The summed E-state index contributed by atoms with van der Waals surface area (Å²) < 4.78 is 16.4. The maximum Gasteiger partial charge on any atom is 0.508 e. The molecule has 1 unspecified atom stereocenters. The van der Waals surface area contributed by atoms with Gasteiger partial charge in [0.1, 0.15) is 6.10 Å². The molecule has 5 nitrogen and oxygen atoms in total. The molecule has 0 bridgehead atoms. The quantitative estimate of drug-likeness (QED) is 0.137. The van der Waals surface area contributed by atoms with Gasteiger partial charge in [-0.3, -0.25) is 0 Å². The summed E-state index contributed by atoms with van der Waals surface area (Å²) in [7, 11) is 4.03. The fourth-order valence-corrected chi connectivity index (χ4v) is 3.49. The molecule has 0 saturated carbocycles. The second-order valence-electron chi connectivity index (χ2n) is 8.72. The maximum absolute atomic E-state index is 12.0. The lowest BCUT2D eigenvalue weighted by molar-refractivity contribution is 0.0119. The summed E-state index contributed by atoms with van der Waals surface area (Å²) in [5.74, 6) is 0. The maximum atomic E-state index is 12.0. The molecule has 0 fully saturated rings. The lowest BCUT2D eigenvalue weighted by Crippen LogP contribution is -2.21. The van der Waals surface area contributed by atoms with Crippen molar-refractivity contribution in [3.8, 4) is 0 Å². The van der Waals surface area contributed by atoms with Gasteiger partial charge in [-0.2, -0.15) is 0 Å². The molecule has 0 radical (unpaired) electrons. The third-order valence-corrected chi connectivity index (χ3v) is 5.28. The zero-order valence-corrected chi connectivity index (χ0v) is 20.6. The van der Waals surface area contributed by atoms with Crippen LogP contribution >= 0.6 is 0 Å². The average molecular weight is 430 g/mol. The topological polar surface area (TPSA) is 48.0 Å². The van der Waals surface area contributed by atoms with E-state index in [4.69, 9.17) is 14.2 Å². The third kappa shape index (κ3) is 21.9. The van der Waals surface area contributed by atoms with E-state index in [0.29, 0.717) is 6.61 Å². The highest BCUT2D eigenvalue weighted by molar-refractivity contribution is 5.60. The molecule has 0 heterocycles. The van der Waals surface area contributed by atoms with Crippen LogP contribution in [0.5, 0.6) is 0 Å². The van der Waals surface area contributed by atoms with Gasteiger partial charge in [-0.25, -0.2) is 4.79 Å². The van der Waals surface area contributed by atoms with E-state index in [0.717, 1.165) is 58.3 Å². The highest BCUT2D eigenvalue weighted by Crippen LogP contribution is 2.16. The number of hydrogen-bond acceptors (Lipinski definition) is 5. The lowest BCUT2D eigenvalue weighted by Gasteiger charge is -2.18. The first-order valence-electron chi connectivity index (χ1n) is 12.7. The van der Waals surface area contributed by atoms with Crippen molar-refractivity contribution >= 4 is 6.16 Å². The molecule has 0 amide bonds. The van der Waals surface area contributed by atoms with Gasteiger partial charge >= 0.3 is 6.16 Å². The number of carbonyl (C=O) groups is 1. The van der Waals surface area contributed by atoms with Gasteiger partial charge in [0.2, 0.25) is 0 Å². The molecule has 180 valence electrons. The predicted octanol–water partition coefficient (Wildman–Crippen LogP) is 6.98. The van der Waals surface area contributed by atoms with Crippen LogP contribution in [0.3, 0.4) is 0 Å². The summed E-state index contributed by atoms with van der Waals surface area (Å²) in [5, 5.41) is 0. The van der Waals surface area contributed by atoms with Gasteiger partial charge in [-0.15, -0.1) is 0 Å². The highest BCUT2D eigenvalue weighted by Gasteiger charge is 2.15. The van der Waals surface area contributed by atoms with Crippen LogP contribution in [0.1, 0.15) is 110 Å². The Morgan fingerprint density at radius 1 is 0.700 bits per heavy atom. The molecule has 0 aliphatic carbocycles. The smallest absolute Gasteiger partial charge is 0.434 e. The van der Waals surface area contributed by atoms with E-state index in [9.17, 15) is 4.79 Å². The third-order valence-electron chi connectivity index (χ3n) is 5.28. The van der Waals surface area contributed by atoms with E-state index >= 15 is 0 Å². The first-order valence-corrected chi connectivity index (χ1v) is 12.7. The van der Waals surface area contributed by atoms with Crippen LogP contribution in [0.25, 0.3) is 0 Å². The van der Waals surface area contributed by atoms with E-state index in [1.165, 1.54) is 57.8 Å². The average Bonchev–Trinajstić information content (AvgIpc) is 2.72. The van der Waals surface area contributed by atoms with E-state index in [-0.39, 0.29) is 6.10 Å². The first kappa shape index (κ1) is 29.2. The van der Waals surface area contributed by atoms with Crippen molar-refractivity contribution in [2.45, 2.75) is 116 Å². The van der Waals surface area contributed by atoms with Crippen molar-refractivity contribution < 1.29 is 19.0 Å². The lowest BCUT2D eigenvalue weighted by atomic mass is 10.0. The second kappa shape index (κ2) is 22.9. The van der Waals surface area contributed by atoms with Crippen LogP contribution in [0.2, 0.25) is 0 Å². The van der Waals surface area contributed by atoms with Crippen molar-refractivity contribution in [3.63, 3.8) is 0 Å². The minimum absolute atomic E-state index is 0.0504. The van der Waals surface area contributed by atoms with Crippen LogP contribution < -0.4 is 0 Å². The summed E-state index contributed by atoms with van der Waals surface area (Å²) in [5.41, 5.74) is 0. The van der Waals surface area contributed by atoms with E-state index < -0.39 is 6.16 Å². The number of unbranched alkanes of at least 4 members (excludes halogenated alkanes) is 9. The molecule has 30 heavy (non-hydrogen) atoms. The molecule has 0 aliphatic rings. The molecule has 0 rings (SSSR count). The summed E-state index contributed by atoms with van der Waals surface area (Å²) in [4.78, 5) is 14.1. The van der Waals surface area contributed by atoms with Crippen molar-refractivity contribution in [2.75, 3.05) is 40.5 Å². The fourth-order valence-electron chi connectivity index (χ4n) is 3.49. The SMILES string of the molecule is CCCCCCCCCCCCC(CCCOCCC)OC(=O)OCCCN(C)C. The summed E-state index contributed by atoms with van der Waals surface area (Å²) >= 11 is 0. The van der Waals surface area contributed by atoms with Gasteiger partial charge in [0.25, 0.3) is 0 Å². The molecule has 0 spiro atoms. The fraction of sp³-hybridized carbons (Fsp3) is 0.960. The normalized spacial score (nSPS) is 12.3. The number of carbonyl (C=O) groups excluding carboxylic acids is 1. The van der Waals surface area contributed by atoms with E-state index in [2.05, 4.69) is 18.7 Å². The Morgan fingerprint density at radius 3 is 1.90 bits per heavy atom. The van der Waals surface area contributed by atoms with Crippen LogP contribution in [0, 0.1) is 0 Å². The number of ether oxygens (including phenoxy) is 3. The zero-order chi connectivity index (χ0) is 22.3. The van der Waals surface area contributed by atoms with Crippen LogP contribution in [-0.4, -0.2) is 57.6 Å². The predicted molar refractivity (Wildman–Crippen MR) is 126 cm³/mol. The first-order chi connectivity index (χ1) is 14.6. The molecule has 0 N–H and O–H groups in total. The Labute approximate surface area is 187 Å². The Kier molecular flexibility index (Phi) is 22.2. The monoisotopic (exact) mass is 429 g/mol. The van der Waals surface area contributed by atoms with Crippen LogP contribution in [0.15, 0.2) is 0 Å². The van der Waals surface area contributed by atoms with E-state index in [1.807, 2.05) is 14.1 Å². The van der Waals surface area contributed by atoms with Gasteiger partial charge in [-0.05, 0) is 52.6 Å². The van der Waals surface area contributed by atoms with Crippen molar-refractivity contribution in [2.24, 2.45) is 0 Å². The number of nitrogens with zero attached hydrogens (tertiary/aromatic N) is 1. The minimum Gasteiger partial charge on any atom is -0.434 e. The van der Waals surface area contributed by atoms with Gasteiger partial charge < -0.3 is 19.1 Å². The van der Waals surface area contributed by atoms with Gasteiger partial charge in [0.05, 0.1) is 6.61 Å². The molecule has 0 aromatic carbocycles. The number of hydrogen-bond donors (Lipinski definition) is 0. The number of rotatable bonds is 22. The summed E-state index contributed by atoms with van der Waals surface area (Å²) in [6.45, 7) is 7.25. The molecular formula is C25H51NO4. The Hall–Kier alpha value is -0.810. The van der Waals surface area contributed by atoms with Crippen LogP contribution in [-0.2, 0) is 14.2 Å². The summed E-state index contributed by atoms with van der Waals surface area (Å²) in [6.07, 6.45) is 17.2. The van der Waals surface area contributed by atoms with Crippen molar-refractivity contribution in [1.29, 1.82) is 0 Å². The molecule has 1 atom stereocenters. The Bertz CT molecular complexity index is 363. The molecular weight excluding hydrogens is 378 g/mol. The molecule has 0 aromatic heterocycles. The Morgan fingerprint density at radius 2 is 1.30 bits per heavy atom.